The molecule has 0 aliphatic carbocycles. The fraction of sp³-hybridized carbons (Fsp3) is 0.250. The highest BCUT2D eigenvalue weighted by atomic mass is 35.5. The van der Waals surface area contributed by atoms with Gasteiger partial charge < -0.3 is 5.43 Å². The minimum atomic E-state index is 0.585. The van der Waals surface area contributed by atoms with Crippen LogP contribution < -0.4 is 11.3 Å². The maximum atomic E-state index is 6.31. The number of hydrazine groups is 1. The van der Waals surface area contributed by atoms with Crippen LogP contribution in [0.3, 0.4) is 0 Å². The first-order chi connectivity index (χ1) is 7.97. The van der Waals surface area contributed by atoms with E-state index in [1.807, 2.05) is 26.8 Å². The number of nitrogen functional groups attached to an aromatic ring is 1. The Morgan fingerprint density at radius 3 is 2.47 bits per heavy atom. The molecule has 3 nitrogen and oxygen atoms in total. The molecular formula is C12H13Cl2N3. The van der Waals surface area contributed by atoms with Crippen LogP contribution in [-0.2, 0) is 0 Å². The van der Waals surface area contributed by atoms with Gasteiger partial charge in [-0.25, -0.2) is 0 Å². The second-order valence-corrected chi connectivity index (χ2v) is 4.84. The number of nitrogens with two attached hydrogens (primary N) is 1. The molecule has 0 atom stereocenters. The summed E-state index contributed by atoms with van der Waals surface area (Å²) in [4.78, 5) is 4.47. The van der Waals surface area contributed by atoms with Crippen LogP contribution >= 0.6 is 23.2 Å². The predicted octanol–water partition coefficient (Wildman–Crippen LogP) is 3.75. The van der Waals surface area contributed by atoms with Crippen molar-refractivity contribution < 1.29 is 0 Å². The van der Waals surface area contributed by atoms with Crippen LogP contribution in [0.5, 0.6) is 0 Å². The molecule has 0 spiro atoms. The van der Waals surface area contributed by atoms with Gasteiger partial charge in [0.05, 0.1) is 21.2 Å². The molecule has 1 aromatic carbocycles. The molecule has 17 heavy (non-hydrogen) atoms. The smallest absolute Gasteiger partial charge is 0.0928 e. The fourth-order valence-electron chi connectivity index (χ4n) is 1.88. The lowest BCUT2D eigenvalue weighted by molar-refractivity contribution is 1.18. The Balaban J connectivity index is 3.06. The zero-order valence-corrected chi connectivity index (χ0v) is 11.4. The number of fused-ring (bicyclic) bond motifs is 1. The third kappa shape index (κ3) is 1.84. The minimum Gasteiger partial charge on any atom is -0.323 e. The molecule has 5 heteroatoms. The average Bonchev–Trinajstić information content (AvgIpc) is 2.28. The van der Waals surface area contributed by atoms with Crippen LogP contribution in [-0.4, -0.2) is 4.98 Å². The normalized spacial score (nSPS) is 10.9. The molecular weight excluding hydrogens is 257 g/mol. The number of hydrogen-bond donors (Lipinski definition) is 2. The highest BCUT2D eigenvalue weighted by Crippen LogP contribution is 2.38. The van der Waals surface area contributed by atoms with Gasteiger partial charge in [-0.05, 0) is 38.0 Å². The van der Waals surface area contributed by atoms with Crippen molar-refractivity contribution >= 4 is 39.8 Å². The van der Waals surface area contributed by atoms with Crippen LogP contribution in [0.15, 0.2) is 6.07 Å². The van der Waals surface area contributed by atoms with E-state index in [1.54, 1.807) is 0 Å². The summed E-state index contributed by atoms with van der Waals surface area (Å²) in [6.07, 6.45) is 0. The summed E-state index contributed by atoms with van der Waals surface area (Å²) in [6, 6.07) is 1.81. The standard InChI is InChI=1S/C12H13Cl2N3/c1-5-4-8(13)12-9(10(5)14)11(17-15)6(2)7(3)16-12/h4H,15H2,1-3H3,(H,16,17). The first-order valence-electron chi connectivity index (χ1n) is 5.19. The maximum Gasteiger partial charge on any atom is 0.0928 e. The number of anilines is 1. The Morgan fingerprint density at radius 1 is 1.24 bits per heavy atom. The number of nitrogens with one attached hydrogen (secondary N) is 1. The van der Waals surface area contributed by atoms with Crippen molar-refractivity contribution in [1.82, 2.24) is 4.98 Å². The Kier molecular flexibility index (Phi) is 3.17. The second kappa shape index (κ2) is 4.33. The van der Waals surface area contributed by atoms with Crippen molar-refractivity contribution in [2.75, 3.05) is 5.43 Å². The largest absolute Gasteiger partial charge is 0.323 e. The summed E-state index contributed by atoms with van der Waals surface area (Å²) in [7, 11) is 0. The Bertz CT molecular complexity index is 609. The third-order valence-electron chi connectivity index (χ3n) is 2.96. The number of rotatable bonds is 1. The molecule has 0 aliphatic heterocycles. The molecule has 0 saturated heterocycles. The van der Waals surface area contributed by atoms with Crippen molar-refractivity contribution in [3.8, 4) is 0 Å². The van der Waals surface area contributed by atoms with Gasteiger partial charge in [-0.1, -0.05) is 23.2 Å². The van der Waals surface area contributed by atoms with Gasteiger partial charge in [0.1, 0.15) is 0 Å². The molecule has 0 fully saturated rings. The minimum absolute atomic E-state index is 0.585. The number of halogens is 2. The molecule has 1 heterocycles. The van der Waals surface area contributed by atoms with Gasteiger partial charge in [0.2, 0.25) is 0 Å². The zero-order chi connectivity index (χ0) is 12.7. The quantitative estimate of drug-likeness (QED) is 0.613. The summed E-state index contributed by atoms with van der Waals surface area (Å²) in [6.45, 7) is 5.77. The molecule has 90 valence electrons. The molecule has 1 aromatic heterocycles. The Hall–Kier alpha value is -1.03. The SMILES string of the molecule is Cc1cc(Cl)c2nc(C)c(C)c(NN)c2c1Cl. The number of benzene rings is 1. The van der Waals surface area contributed by atoms with E-state index in [4.69, 9.17) is 29.0 Å². The Labute approximate surface area is 110 Å². The lowest BCUT2D eigenvalue weighted by Gasteiger charge is -2.15. The van der Waals surface area contributed by atoms with Gasteiger partial charge in [-0.15, -0.1) is 0 Å². The highest BCUT2D eigenvalue weighted by Gasteiger charge is 2.15. The Morgan fingerprint density at radius 2 is 1.88 bits per heavy atom. The number of aryl methyl sites for hydroxylation is 2. The van der Waals surface area contributed by atoms with Crippen LogP contribution in [0.2, 0.25) is 10.0 Å². The first kappa shape index (κ1) is 12.4. The van der Waals surface area contributed by atoms with Crippen LogP contribution in [0.25, 0.3) is 10.9 Å². The van der Waals surface area contributed by atoms with E-state index in [2.05, 4.69) is 10.4 Å². The van der Waals surface area contributed by atoms with Gasteiger partial charge in [0.25, 0.3) is 0 Å². The number of nitrogens with zero attached hydrogens (tertiary/aromatic N) is 1. The molecule has 0 saturated carbocycles. The monoisotopic (exact) mass is 269 g/mol. The molecule has 0 bridgehead atoms. The van der Waals surface area contributed by atoms with Gasteiger partial charge in [0, 0.05) is 11.1 Å². The maximum absolute atomic E-state index is 6.31. The van der Waals surface area contributed by atoms with Gasteiger partial charge >= 0.3 is 0 Å². The third-order valence-corrected chi connectivity index (χ3v) is 3.74. The van der Waals surface area contributed by atoms with Crippen LogP contribution in [0, 0.1) is 20.8 Å². The fourth-order valence-corrected chi connectivity index (χ4v) is 2.42. The summed E-state index contributed by atoms with van der Waals surface area (Å²) < 4.78 is 0. The van der Waals surface area contributed by atoms with E-state index >= 15 is 0 Å². The van der Waals surface area contributed by atoms with Crippen LogP contribution in [0.4, 0.5) is 5.69 Å². The molecule has 2 aromatic rings. The van der Waals surface area contributed by atoms with E-state index in [-0.39, 0.29) is 0 Å². The van der Waals surface area contributed by atoms with Gasteiger partial charge in [-0.3, -0.25) is 10.8 Å². The molecule has 0 amide bonds. The zero-order valence-electron chi connectivity index (χ0n) is 9.86. The van der Waals surface area contributed by atoms with E-state index < -0.39 is 0 Å². The molecule has 0 unspecified atom stereocenters. The topological polar surface area (TPSA) is 50.9 Å². The van der Waals surface area contributed by atoms with Crippen molar-refractivity contribution in [3.63, 3.8) is 0 Å². The number of hydrogen-bond acceptors (Lipinski definition) is 3. The van der Waals surface area contributed by atoms with E-state index in [9.17, 15) is 0 Å². The number of pyridine rings is 1. The first-order valence-corrected chi connectivity index (χ1v) is 5.95. The van der Waals surface area contributed by atoms with Crippen molar-refractivity contribution in [2.24, 2.45) is 5.84 Å². The van der Waals surface area contributed by atoms with Crippen molar-refractivity contribution in [2.45, 2.75) is 20.8 Å². The summed E-state index contributed by atoms with van der Waals surface area (Å²) in [5, 5.41) is 2.00. The molecule has 0 aliphatic rings. The lowest BCUT2D eigenvalue weighted by Crippen LogP contribution is -2.10. The van der Waals surface area contributed by atoms with E-state index in [1.165, 1.54) is 0 Å². The van der Waals surface area contributed by atoms with Crippen molar-refractivity contribution in [1.29, 1.82) is 0 Å². The molecule has 2 rings (SSSR count). The highest BCUT2D eigenvalue weighted by molar-refractivity contribution is 6.41. The predicted molar refractivity (Wildman–Crippen MR) is 73.8 cm³/mol. The van der Waals surface area contributed by atoms with Gasteiger partial charge in [0.15, 0.2) is 0 Å². The summed E-state index contributed by atoms with van der Waals surface area (Å²) in [5.74, 6) is 5.58. The second-order valence-electron chi connectivity index (χ2n) is 4.05. The molecule has 0 radical (unpaired) electrons. The van der Waals surface area contributed by atoms with Gasteiger partial charge in [-0.2, -0.15) is 0 Å². The van der Waals surface area contributed by atoms with E-state index in [0.29, 0.717) is 15.6 Å². The lowest BCUT2D eigenvalue weighted by atomic mass is 10.1. The van der Waals surface area contributed by atoms with E-state index in [0.717, 1.165) is 27.9 Å². The van der Waals surface area contributed by atoms with Crippen LogP contribution in [0.1, 0.15) is 16.8 Å². The average molecular weight is 270 g/mol. The number of aromatic nitrogens is 1. The summed E-state index contributed by atoms with van der Waals surface area (Å²) >= 11 is 12.5. The van der Waals surface area contributed by atoms with Crippen molar-refractivity contribution in [3.05, 3.63) is 32.9 Å². The molecule has 3 N–H and O–H groups in total. The summed E-state index contributed by atoms with van der Waals surface area (Å²) in [5.41, 5.74) is 6.92.